The maximum absolute atomic E-state index is 8.24. The van der Waals surface area contributed by atoms with Crippen molar-refractivity contribution in [1.82, 2.24) is 10.5 Å². The lowest BCUT2D eigenvalue weighted by atomic mass is 10.4. The molecule has 0 aromatic carbocycles. The second kappa shape index (κ2) is 4.83. The Balaban J connectivity index is 2.60. The van der Waals surface area contributed by atoms with Crippen LogP contribution in [-0.2, 0) is 0 Å². The van der Waals surface area contributed by atoms with Crippen LogP contribution < -0.4 is 11.2 Å². The van der Waals surface area contributed by atoms with Crippen LogP contribution in [0.1, 0.15) is 5.69 Å². The molecule has 0 atom stereocenters. The van der Waals surface area contributed by atoms with Crippen molar-refractivity contribution in [2.45, 2.75) is 0 Å². The van der Waals surface area contributed by atoms with Gasteiger partial charge in [0.2, 0.25) is 5.96 Å². The van der Waals surface area contributed by atoms with Gasteiger partial charge < -0.3 is 5.73 Å². The molecule has 0 unspecified atom stereocenters. The number of aromatic nitrogens is 1. The van der Waals surface area contributed by atoms with Crippen LogP contribution in [-0.4, -0.2) is 22.4 Å². The summed E-state index contributed by atoms with van der Waals surface area (Å²) < 4.78 is 0. The van der Waals surface area contributed by atoms with Crippen LogP contribution in [0.4, 0.5) is 0 Å². The fourth-order valence-electron chi connectivity index (χ4n) is 0.625. The number of rotatable bonds is 2. The summed E-state index contributed by atoms with van der Waals surface area (Å²) in [6.45, 7) is 0. The van der Waals surface area contributed by atoms with Crippen molar-refractivity contribution in [3.05, 3.63) is 30.1 Å². The van der Waals surface area contributed by atoms with Crippen LogP contribution in [0.25, 0.3) is 0 Å². The first-order valence-corrected chi connectivity index (χ1v) is 3.50. The molecule has 0 aliphatic heterocycles. The summed E-state index contributed by atoms with van der Waals surface area (Å²) in [6.07, 6.45) is 3.06. The van der Waals surface area contributed by atoms with Gasteiger partial charge in [-0.1, -0.05) is 6.07 Å². The normalized spacial score (nSPS) is 11.9. The molecular weight excluding hydrogens is 170 g/mol. The molecule has 6 heteroatoms. The van der Waals surface area contributed by atoms with Crippen LogP contribution in [0.5, 0.6) is 0 Å². The van der Waals surface area contributed by atoms with Gasteiger partial charge in [-0.25, -0.2) is 5.48 Å². The molecule has 68 valence electrons. The quantitative estimate of drug-likeness (QED) is 0.330. The number of nitrogens with one attached hydrogen (secondary N) is 1. The highest BCUT2D eigenvalue weighted by Crippen LogP contribution is 1.88. The molecule has 4 N–H and O–H groups in total. The lowest BCUT2D eigenvalue weighted by Crippen LogP contribution is -2.27. The van der Waals surface area contributed by atoms with E-state index in [4.69, 9.17) is 10.9 Å². The second-order valence-corrected chi connectivity index (χ2v) is 2.10. The van der Waals surface area contributed by atoms with E-state index in [9.17, 15) is 0 Å². The third-order valence-electron chi connectivity index (χ3n) is 1.16. The zero-order valence-corrected chi connectivity index (χ0v) is 6.75. The molecule has 13 heavy (non-hydrogen) atoms. The molecule has 1 aromatic rings. The van der Waals surface area contributed by atoms with E-state index in [2.05, 4.69) is 15.2 Å². The van der Waals surface area contributed by atoms with Gasteiger partial charge in [-0.05, 0) is 12.1 Å². The van der Waals surface area contributed by atoms with Crippen molar-refractivity contribution in [3.63, 3.8) is 0 Å². The van der Waals surface area contributed by atoms with Gasteiger partial charge in [-0.2, -0.15) is 5.10 Å². The van der Waals surface area contributed by atoms with Crippen molar-refractivity contribution < 1.29 is 5.21 Å². The Bertz CT molecular complexity index is 308. The first-order chi connectivity index (χ1) is 6.33. The van der Waals surface area contributed by atoms with Crippen LogP contribution in [0.15, 0.2) is 34.6 Å². The molecule has 1 heterocycles. The minimum Gasteiger partial charge on any atom is -0.367 e. The number of pyridine rings is 1. The fraction of sp³-hybridized carbons (Fsp3) is 0. The minimum atomic E-state index is -0.174. The number of nitrogens with two attached hydrogens (primary N) is 1. The average molecular weight is 179 g/mol. The van der Waals surface area contributed by atoms with Gasteiger partial charge in [-0.3, -0.25) is 10.2 Å². The zero-order valence-electron chi connectivity index (χ0n) is 6.75. The Morgan fingerprint density at radius 3 is 3.08 bits per heavy atom. The summed E-state index contributed by atoms with van der Waals surface area (Å²) in [5.41, 5.74) is 7.40. The van der Waals surface area contributed by atoms with E-state index in [1.165, 1.54) is 6.21 Å². The Hall–Kier alpha value is -1.95. The van der Waals surface area contributed by atoms with Gasteiger partial charge in [0.05, 0.1) is 11.9 Å². The van der Waals surface area contributed by atoms with E-state index >= 15 is 0 Å². The predicted octanol–water partition coefficient (Wildman–Crippen LogP) is -0.291. The van der Waals surface area contributed by atoms with E-state index < -0.39 is 0 Å². The first kappa shape index (κ1) is 9.14. The van der Waals surface area contributed by atoms with Gasteiger partial charge in [0, 0.05) is 6.20 Å². The zero-order chi connectivity index (χ0) is 9.52. The lowest BCUT2D eigenvalue weighted by molar-refractivity contribution is 0.232. The summed E-state index contributed by atoms with van der Waals surface area (Å²) in [6, 6.07) is 5.39. The van der Waals surface area contributed by atoms with Crippen molar-refractivity contribution in [2.75, 3.05) is 0 Å². The smallest absolute Gasteiger partial charge is 0.237 e. The molecule has 0 fully saturated rings. The van der Waals surface area contributed by atoms with Crippen LogP contribution in [0.2, 0.25) is 0 Å². The summed E-state index contributed by atoms with van der Waals surface area (Å²) in [7, 11) is 0. The lowest BCUT2D eigenvalue weighted by Gasteiger charge is -1.90. The summed E-state index contributed by atoms with van der Waals surface area (Å²) in [5.74, 6) is -0.174. The molecule has 0 saturated carbocycles. The third-order valence-corrected chi connectivity index (χ3v) is 1.16. The molecule has 0 aliphatic carbocycles. The topological polar surface area (TPSA) is 95.9 Å². The largest absolute Gasteiger partial charge is 0.367 e. The molecule has 0 amide bonds. The molecule has 1 rings (SSSR count). The maximum Gasteiger partial charge on any atom is 0.237 e. The Labute approximate surface area is 74.8 Å². The van der Waals surface area contributed by atoms with Gasteiger partial charge >= 0.3 is 0 Å². The summed E-state index contributed by atoms with van der Waals surface area (Å²) >= 11 is 0. The van der Waals surface area contributed by atoms with Crippen LogP contribution in [0, 0.1) is 0 Å². The molecule has 0 spiro atoms. The number of guanidine groups is 1. The fourth-order valence-corrected chi connectivity index (χ4v) is 0.625. The monoisotopic (exact) mass is 179 g/mol. The van der Waals surface area contributed by atoms with Crippen molar-refractivity contribution in [3.8, 4) is 0 Å². The summed E-state index contributed by atoms with van der Waals surface area (Å²) in [5, 5.41) is 15.2. The number of hydrogen-bond donors (Lipinski definition) is 3. The maximum atomic E-state index is 8.24. The second-order valence-electron chi connectivity index (χ2n) is 2.10. The minimum absolute atomic E-state index is 0.174. The van der Waals surface area contributed by atoms with Crippen molar-refractivity contribution in [2.24, 2.45) is 15.9 Å². The van der Waals surface area contributed by atoms with Crippen molar-refractivity contribution in [1.29, 1.82) is 0 Å². The van der Waals surface area contributed by atoms with Gasteiger partial charge in [0.1, 0.15) is 0 Å². The number of hydrogen-bond acceptors (Lipinski definition) is 4. The van der Waals surface area contributed by atoms with E-state index in [-0.39, 0.29) is 5.96 Å². The van der Waals surface area contributed by atoms with E-state index in [0.717, 1.165) is 0 Å². The number of hydroxylamine groups is 1. The highest BCUT2D eigenvalue weighted by atomic mass is 16.5. The third kappa shape index (κ3) is 3.30. The summed E-state index contributed by atoms with van der Waals surface area (Å²) in [4.78, 5) is 3.96. The Morgan fingerprint density at radius 2 is 2.46 bits per heavy atom. The average Bonchev–Trinajstić information content (AvgIpc) is 2.19. The molecule has 1 aromatic heterocycles. The SMILES string of the molecule is NC(=N/N=C\c1ccccn1)NO. The van der Waals surface area contributed by atoms with Gasteiger partial charge in [0.15, 0.2) is 0 Å². The molecule has 6 nitrogen and oxygen atoms in total. The highest BCUT2D eigenvalue weighted by molar-refractivity contribution is 5.80. The van der Waals surface area contributed by atoms with E-state index in [1.807, 2.05) is 6.07 Å². The van der Waals surface area contributed by atoms with E-state index in [1.54, 1.807) is 23.8 Å². The number of nitrogens with zero attached hydrogens (tertiary/aromatic N) is 3. The Morgan fingerprint density at radius 1 is 1.62 bits per heavy atom. The Kier molecular flexibility index (Phi) is 3.40. The molecule has 0 bridgehead atoms. The van der Waals surface area contributed by atoms with Gasteiger partial charge in [0.25, 0.3) is 0 Å². The highest BCUT2D eigenvalue weighted by Gasteiger charge is 1.85. The first-order valence-electron chi connectivity index (χ1n) is 3.50. The standard InChI is InChI=1S/C7H9N5O/c8-7(12-13)11-10-5-6-3-1-2-4-9-6/h1-5,13H,(H3,8,11,12)/b10-5-. The van der Waals surface area contributed by atoms with Crippen LogP contribution >= 0.6 is 0 Å². The molecular formula is C7H9N5O. The van der Waals surface area contributed by atoms with Crippen molar-refractivity contribution >= 4 is 12.2 Å². The predicted molar refractivity (Wildman–Crippen MR) is 48.4 cm³/mol. The molecule has 0 aliphatic rings. The molecule has 0 radical (unpaired) electrons. The molecule has 0 saturated heterocycles. The van der Waals surface area contributed by atoms with Crippen LogP contribution in [0.3, 0.4) is 0 Å². The van der Waals surface area contributed by atoms with Gasteiger partial charge in [-0.15, -0.1) is 5.10 Å². The van der Waals surface area contributed by atoms with E-state index in [0.29, 0.717) is 5.69 Å².